The average Bonchev–Trinajstić information content (AvgIpc) is 2.79. The zero-order chi connectivity index (χ0) is 12.1. The van der Waals surface area contributed by atoms with Gasteiger partial charge >= 0.3 is 0 Å². The first-order valence-electron chi connectivity index (χ1n) is 6.70. The normalized spacial score (nSPS) is 18.7. The molecule has 2 rings (SSSR count). The van der Waals surface area contributed by atoms with Crippen LogP contribution < -0.4 is 5.32 Å². The summed E-state index contributed by atoms with van der Waals surface area (Å²) < 4.78 is 2.24. The van der Waals surface area contributed by atoms with E-state index in [0.717, 1.165) is 25.6 Å². The highest BCUT2D eigenvalue weighted by Gasteiger charge is 2.19. The molecule has 0 aliphatic carbocycles. The molecular weight excluding hydrogens is 212 g/mol. The summed E-state index contributed by atoms with van der Waals surface area (Å²) >= 11 is 0. The van der Waals surface area contributed by atoms with Gasteiger partial charge in [-0.3, -0.25) is 4.90 Å². The van der Waals surface area contributed by atoms with Gasteiger partial charge in [-0.2, -0.15) is 0 Å². The van der Waals surface area contributed by atoms with E-state index in [1.807, 2.05) is 13.2 Å². The third kappa shape index (κ3) is 3.30. The number of nitrogens with one attached hydrogen (secondary N) is 1. The molecule has 0 amide bonds. The number of aryl methyl sites for hydroxylation is 1. The Morgan fingerprint density at radius 1 is 1.41 bits per heavy atom. The molecule has 0 radical (unpaired) electrons. The zero-order valence-corrected chi connectivity index (χ0v) is 11.0. The summed E-state index contributed by atoms with van der Waals surface area (Å²) in [7, 11) is 2.05. The van der Waals surface area contributed by atoms with Gasteiger partial charge in [0.05, 0.1) is 6.54 Å². The highest BCUT2D eigenvalue weighted by Crippen LogP contribution is 2.17. The summed E-state index contributed by atoms with van der Waals surface area (Å²) in [5.41, 5.74) is 0. The molecule has 1 N–H and O–H groups in total. The number of aromatic nitrogens is 2. The number of likely N-dealkylation sites (tertiary alicyclic amines) is 1. The van der Waals surface area contributed by atoms with Crippen molar-refractivity contribution in [2.24, 2.45) is 5.92 Å². The first-order chi connectivity index (χ1) is 8.33. The molecule has 4 nitrogen and oxygen atoms in total. The van der Waals surface area contributed by atoms with Gasteiger partial charge in [0.2, 0.25) is 0 Å². The van der Waals surface area contributed by atoms with Crippen LogP contribution in [0.15, 0.2) is 12.4 Å². The minimum atomic E-state index is 0.863. The van der Waals surface area contributed by atoms with E-state index in [4.69, 9.17) is 0 Å². The first-order valence-corrected chi connectivity index (χ1v) is 6.70. The minimum absolute atomic E-state index is 0.863. The zero-order valence-electron chi connectivity index (χ0n) is 11.0. The highest BCUT2D eigenvalue weighted by molar-refractivity contribution is 4.92. The lowest BCUT2D eigenvalue weighted by molar-refractivity contribution is 0.171. The Hall–Kier alpha value is -0.870. The molecular formula is C13H24N4. The van der Waals surface area contributed by atoms with Crippen molar-refractivity contribution in [2.45, 2.75) is 32.9 Å². The van der Waals surface area contributed by atoms with Crippen LogP contribution in [0.5, 0.6) is 0 Å². The number of rotatable bonds is 5. The molecule has 1 aromatic rings. The Morgan fingerprint density at radius 3 is 2.82 bits per heavy atom. The van der Waals surface area contributed by atoms with Crippen LogP contribution in [0.25, 0.3) is 0 Å². The highest BCUT2D eigenvalue weighted by atomic mass is 15.2. The van der Waals surface area contributed by atoms with Gasteiger partial charge in [-0.15, -0.1) is 0 Å². The Labute approximate surface area is 104 Å². The van der Waals surface area contributed by atoms with E-state index >= 15 is 0 Å². The lowest BCUT2D eigenvalue weighted by Crippen LogP contribution is -2.36. The fourth-order valence-corrected chi connectivity index (χ4v) is 2.62. The Morgan fingerprint density at radius 2 is 2.18 bits per heavy atom. The molecule has 0 saturated carbocycles. The molecule has 1 aromatic heterocycles. The van der Waals surface area contributed by atoms with Crippen LogP contribution in [-0.4, -0.2) is 41.1 Å². The molecule has 0 bridgehead atoms. The molecule has 0 atom stereocenters. The molecule has 17 heavy (non-hydrogen) atoms. The minimum Gasteiger partial charge on any atom is -0.334 e. The van der Waals surface area contributed by atoms with E-state index in [-0.39, 0.29) is 0 Å². The lowest BCUT2D eigenvalue weighted by Gasteiger charge is -2.31. The predicted molar refractivity (Wildman–Crippen MR) is 69.8 cm³/mol. The summed E-state index contributed by atoms with van der Waals surface area (Å²) in [5.74, 6) is 2.07. The number of nitrogens with zero attached hydrogens (tertiary/aromatic N) is 3. The van der Waals surface area contributed by atoms with Gasteiger partial charge in [-0.1, -0.05) is 0 Å². The third-order valence-corrected chi connectivity index (χ3v) is 3.71. The molecule has 0 unspecified atom stereocenters. The maximum absolute atomic E-state index is 4.45. The molecule has 1 saturated heterocycles. The average molecular weight is 236 g/mol. The van der Waals surface area contributed by atoms with E-state index in [9.17, 15) is 0 Å². The van der Waals surface area contributed by atoms with Gasteiger partial charge < -0.3 is 9.88 Å². The van der Waals surface area contributed by atoms with Gasteiger partial charge in [-0.25, -0.2) is 4.98 Å². The SMILES string of the molecule is CCn1ccnc1CN1CCC(CNC)CC1. The van der Waals surface area contributed by atoms with Crippen molar-refractivity contribution in [3.63, 3.8) is 0 Å². The summed E-state index contributed by atoms with van der Waals surface area (Å²) in [6, 6.07) is 0. The van der Waals surface area contributed by atoms with Crippen LogP contribution >= 0.6 is 0 Å². The monoisotopic (exact) mass is 236 g/mol. The van der Waals surface area contributed by atoms with Crippen LogP contribution in [0.3, 0.4) is 0 Å². The maximum atomic E-state index is 4.45. The number of imidazole rings is 1. The Kier molecular flexibility index (Phi) is 4.57. The summed E-state index contributed by atoms with van der Waals surface area (Å²) in [6.45, 7) is 7.78. The molecule has 96 valence electrons. The van der Waals surface area contributed by atoms with Gasteiger partial charge in [0.1, 0.15) is 5.82 Å². The Balaban J connectivity index is 1.82. The fourth-order valence-electron chi connectivity index (χ4n) is 2.62. The van der Waals surface area contributed by atoms with Crippen molar-refractivity contribution < 1.29 is 0 Å². The van der Waals surface area contributed by atoms with Crippen LogP contribution in [0.2, 0.25) is 0 Å². The molecule has 4 heteroatoms. The van der Waals surface area contributed by atoms with Crippen LogP contribution in [0.4, 0.5) is 0 Å². The van der Waals surface area contributed by atoms with Crippen molar-refractivity contribution in [3.05, 3.63) is 18.2 Å². The second kappa shape index (κ2) is 6.17. The van der Waals surface area contributed by atoms with Gasteiger partial charge in [0, 0.05) is 18.9 Å². The third-order valence-electron chi connectivity index (χ3n) is 3.71. The summed E-state index contributed by atoms with van der Waals surface area (Å²) in [5, 5.41) is 3.28. The lowest BCUT2D eigenvalue weighted by atomic mass is 9.97. The van der Waals surface area contributed by atoms with Crippen LogP contribution in [0.1, 0.15) is 25.6 Å². The van der Waals surface area contributed by atoms with Gasteiger partial charge in [-0.05, 0) is 52.4 Å². The van der Waals surface area contributed by atoms with Crippen LogP contribution in [0, 0.1) is 5.92 Å². The molecule has 0 spiro atoms. The molecule has 0 aromatic carbocycles. The second-order valence-corrected chi connectivity index (χ2v) is 4.91. The van der Waals surface area contributed by atoms with E-state index in [1.54, 1.807) is 0 Å². The fraction of sp³-hybridized carbons (Fsp3) is 0.769. The standard InChI is InChI=1S/C13H24N4/c1-3-17-9-6-15-13(17)11-16-7-4-12(5-8-16)10-14-2/h6,9,12,14H,3-5,7-8,10-11H2,1-2H3. The topological polar surface area (TPSA) is 33.1 Å². The molecule has 1 aliphatic heterocycles. The van der Waals surface area contributed by atoms with E-state index in [1.165, 1.54) is 31.8 Å². The van der Waals surface area contributed by atoms with E-state index < -0.39 is 0 Å². The molecule has 1 fully saturated rings. The summed E-state index contributed by atoms with van der Waals surface area (Å²) in [6.07, 6.45) is 6.61. The second-order valence-electron chi connectivity index (χ2n) is 4.91. The van der Waals surface area contributed by atoms with Crippen molar-refractivity contribution in [1.29, 1.82) is 0 Å². The van der Waals surface area contributed by atoms with E-state index in [0.29, 0.717) is 0 Å². The first kappa shape index (κ1) is 12.6. The van der Waals surface area contributed by atoms with E-state index in [2.05, 4.69) is 32.9 Å². The van der Waals surface area contributed by atoms with Crippen molar-refractivity contribution >= 4 is 0 Å². The quantitative estimate of drug-likeness (QED) is 0.837. The number of piperidine rings is 1. The summed E-state index contributed by atoms with van der Waals surface area (Å²) in [4.78, 5) is 6.97. The Bertz CT molecular complexity index is 326. The van der Waals surface area contributed by atoms with Crippen LogP contribution in [-0.2, 0) is 13.1 Å². The number of hydrogen-bond donors (Lipinski definition) is 1. The maximum Gasteiger partial charge on any atom is 0.122 e. The van der Waals surface area contributed by atoms with Crippen molar-refractivity contribution in [3.8, 4) is 0 Å². The van der Waals surface area contributed by atoms with Gasteiger partial charge in [0.15, 0.2) is 0 Å². The molecule has 2 heterocycles. The largest absolute Gasteiger partial charge is 0.334 e. The van der Waals surface area contributed by atoms with Gasteiger partial charge in [0.25, 0.3) is 0 Å². The van der Waals surface area contributed by atoms with Crippen molar-refractivity contribution in [1.82, 2.24) is 19.8 Å². The predicted octanol–water partition coefficient (Wildman–Crippen LogP) is 1.33. The number of hydrogen-bond acceptors (Lipinski definition) is 3. The molecule has 1 aliphatic rings. The smallest absolute Gasteiger partial charge is 0.122 e. The van der Waals surface area contributed by atoms with Crippen molar-refractivity contribution in [2.75, 3.05) is 26.7 Å².